The maximum Gasteiger partial charge on any atom is 0.296 e. The van der Waals surface area contributed by atoms with E-state index in [-0.39, 0.29) is 22.5 Å². The highest BCUT2D eigenvalue weighted by Crippen LogP contribution is 2.37. The van der Waals surface area contributed by atoms with Crippen molar-refractivity contribution in [3.8, 4) is 0 Å². The molecule has 4 nitrogen and oxygen atoms in total. The van der Waals surface area contributed by atoms with Crippen molar-refractivity contribution in [2.45, 2.75) is 70.7 Å². The molecule has 0 unspecified atom stereocenters. The van der Waals surface area contributed by atoms with Gasteiger partial charge in [0.05, 0.1) is 11.5 Å². The maximum absolute atomic E-state index is 12.5. The van der Waals surface area contributed by atoms with Crippen LogP contribution in [0, 0.1) is 18.8 Å². The van der Waals surface area contributed by atoms with Crippen LogP contribution in [-0.2, 0) is 18.7 Å². The van der Waals surface area contributed by atoms with Crippen LogP contribution in [0.25, 0.3) is 0 Å². The first kappa shape index (κ1) is 30.3. The number of hydrogen-bond donors (Lipinski definition) is 0. The molecule has 0 heterocycles. The fraction of sp³-hybridized carbons (Fsp3) is 0.438. The van der Waals surface area contributed by atoms with Crippen LogP contribution < -0.4 is 10.4 Å². The summed E-state index contributed by atoms with van der Waals surface area (Å²) in [7, 11) is -6.25. The van der Waals surface area contributed by atoms with Crippen molar-refractivity contribution in [1.29, 1.82) is 0 Å². The summed E-state index contributed by atoms with van der Waals surface area (Å²) in [5.41, 5.74) is 1.02. The monoisotopic (exact) mass is 552 g/mol. The summed E-state index contributed by atoms with van der Waals surface area (Å²) in [6.07, 6.45) is 2.93. The van der Waals surface area contributed by atoms with Gasteiger partial charge in [0.2, 0.25) is 0 Å². The number of aryl methyl sites for hydroxylation is 1. The molecule has 6 heteroatoms. The average Bonchev–Trinajstić information content (AvgIpc) is 2.89. The average molecular weight is 553 g/mol. The Kier molecular flexibility index (Phi) is 10.5. The van der Waals surface area contributed by atoms with E-state index in [2.05, 4.69) is 88.4 Å². The molecule has 206 valence electrons. The molecule has 2 atom stereocenters. The number of hydrogen-bond acceptors (Lipinski definition) is 4. The van der Waals surface area contributed by atoms with Gasteiger partial charge in [0.1, 0.15) is 0 Å². The molecule has 0 amide bonds. The van der Waals surface area contributed by atoms with Gasteiger partial charge in [-0.3, -0.25) is 4.18 Å². The zero-order valence-electron chi connectivity index (χ0n) is 23.8. The molecule has 3 aromatic carbocycles. The Bertz CT molecular complexity index is 1180. The van der Waals surface area contributed by atoms with Crippen molar-refractivity contribution in [2.24, 2.45) is 11.8 Å². The van der Waals surface area contributed by atoms with Crippen molar-refractivity contribution in [3.05, 3.63) is 90.5 Å². The van der Waals surface area contributed by atoms with E-state index < -0.39 is 18.4 Å². The normalized spacial score (nSPS) is 14.3. The van der Waals surface area contributed by atoms with Crippen molar-refractivity contribution in [2.75, 3.05) is 13.2 Å². The van der Waals surface area contributed by atoms with Gasteiger partial charge in [0, 0.05) is 6.61 Å². The molecule has 38 heavy (non-hydrogen) atoms. The first-order valence-corrected chi connectivity index (χ1v) is 17.0. The van der Waals surface area contributed by atoms with E-state index in [9.17, 15) is 8.42 Å². The smallest absolute Gasteiger partial charge is 0.296 e. The lowest BCUT2D eigenvalue weighted by Crippen LogP contribution is -2.66. The molecular formula is C32H44O4SSi. The van der Waals surface area contributed by atoms with Gasteiger partial charge in [-0.1, -0.05) is 119 Å². The molecule has 0 saturated carbocycles. The second-order valence-corrected chi connectivity index (χ2v) is 17.6. The van der Waals surface area contributed by atoms with E-state index in [0.717, 1.165) is 24.8 Å². The Balaban J connectivity index is 1.58. The highest BCUT2D eigenvalue weighted by molar-refractivity contribution is 7.86. The maximum atomic E-state index is 12.5. The topological polar surface area (TPSA) is 52.6 Å². The molecule has 0 aliphatic carbocycles. The molecular weight excluding hydrogens is 509 g/mol. The first-order valence-electron chi connectivity index (χ1n) is 13.7. The third-order valence-electron chi connectivity index (χ3n) is 7.21. The van der Waals surface area contributed by atoms with Crippen LogP contribution >= 0.6 is 0 Å². The quantitative estimate of drug-likeness (QED) is 0.174. The summed E-state index contributed by atoms with van der Waals surface area (Å²) >= 11 is 0. The third kappa shape index (κ3) is 7.66. The second kappa shape index (κ2) is 13.2. The minimum absolute atomic E-state index is 0.0375. The fourth-order valence-corrected chi connectivity index (χ4v) is 10.7. The zero-order chi connectivity index (χ0) is 27.8. The summed E-state index contributed by atoms with van der Waals surface area (Å²) < 4.78 is 37.4. The van der Waals surface area contributed by atoms with E-state index in [1.165, 1.54) is 10.4 Å². The molecule has 0 saturated heterocycles. The van der Waals surface area contributed by atoms with Gasteiger partial charge in [-0.15, -0.1) is 0 Å². The highest BCUT2D eigenvalue weighted by Gasteiger charge is 2.50. The van der Waals surface area contributed by atoms with Crippen LogP contribution in [-0.4, -0.2) is 29.9 Å². The van der Waals surface area contributed by atoms with Crippen molar-refractivity contribution >= 4 is 28.8 Å². The van der Waals surface area contributed by atoms with Gasteiger partial charge < -0.3 is 4.43 Å². The van der Waals surface area contributed by atoms with Gasteiger partial charge in [0.15, 0.2) is 0 Å². The van der Waals surface area contributed by atoms with Crippen LogP contribution in [0.2, 0.25) is 5.04 Å². The van der Waals surface area contributed by atoms with Crippen molar-refractivity contribution < 1.29 is 17.0 Å². The van der Waals surface area contributed by atoms with Gasteiger partial charge in [-0.05, 0) is 59.1 Å². The molecule has 0 aromatic heterocycles. The minimum atomic E-state index is -3.72. The van der Waals surface area contributed by atoms with Crippen LogP contribution in [0.4, 0.5) is 0 Å². The van der Waals surface area contributed by atoms with E-state index >= 15 is 0 Å². The Morgan fingerprint density at radius 3 is 1.68 bits per heavy atom. The first-order chi connectivity index (χ1) is 18.0. The molecule has 0 radical (unpaired) electrons. The Labute approximate surface area is 231 Å². The molecule has 3 aromatic rings. The van der Waals surface area contributed by atoms with Gasteiger partial charge in [-0.2, -0.15) is 8.42 Å². The Morgan fingerprint density at radius 2 is 1.21 bits per heavy atom. The molecule has 0 fully saturated rings. The van der Waals surface area contributed by atoms with Crippen molar-refractivity contribution in [3.63, 3.8) is 0 Å². The lowest BCUT2D eigenvalue weighted by molar-refractivity contribution is 0.224. The Hall–Kier alpha value is -2.25. The number of benzene rings is 3. The molecule has 0 N–H and O–H groups in total. The SMILES string of the molecule is Cc1ccc(S(=O)(=O)OC[C@@H](C)CCC[C@@H](C)CO[Si](c2ccccc2)(c2ccccc2)C(C)(C)C)cc1. The molecule has 0 aliphatic heterocycles. The van der Waals surface area contributed by atoms with E-state index in [1.54, 1.807) is 24.3 Å². The summed E-state index contributed by atoms with van der Waals surface area (Å²) in [5, 5.41) is 2.56. The molecule has 0 bridgehead atoms. The fourth-order valence-electron chi connectivity index (χ4n) is 4.99. The number of rotatable bonds is 13. The predicted molar refractivity (Wildman–Crippen MR) is 160 cm³/mol. The van der Waals surface area contributed by atoms with E-state index in [4.69, 9.17) is 8.61 Å². The molecule has 0 spiro atoms. The third-order valence-corrected chi connectivity index (χ3v) is 13.5. The summed E-state index contributed by atoms with van der Waals surface area (Å²) in [6, 6.07) is 28.2. The highest BCUT2D eigenvalue weighted by atomic mass is 32.2. The standard InChI is InChI=1S/C32H44O4SSi/c1-26-20-22-29(23-21-26)37(33,34)35-24-27(2)14-13-15-28(3)25-36-38(32(4,5)6,30-16-9-7-10-17-30)31-18-11-8-12-19-31/h7-12,16-23,27-28H,13-15,24-25H2,1-6H3/t27-,28+/m0/s1. The second-order valence-electron chi connectivity index (χ2n) is 11.7. The molecule has 3 rings (SSSR count). The predicted octanol–water partition coefficient (Wildman–Crippen LogP) is 6.72. The summed E-state index contributed by atoms with van der Waals surface area (Å²) in [4.78, 5) is 0.212. The van der Waals surface area contributed by atoms with E-state index in [1.807, 2.05) is 13.8 Å². The Morgan fingerprint density at radius 1 is 0.737 bits per heavy atom. The van der Waals surface area contributed by atoms with Crippen LogP contribution in [0.1, 0.15) is 59.4 Å². The van der Waals surface area contributed by atoms with Crippen molar-refractivity contribution in [1.82, 2.24) is 0 Å². The van der Waals surface area contributed by atoms with Gasteiger partial charge >= 0.3 is 0 Å². The van der Waals surface area contributed by atoms with Crippen LogP contribution in [0.15, 0.2) is 89.8 Å². The van der Waals surface area contributed by atoms with Crippen LogP contribution in [0.5, 0.6) is 0 Å². The lowest BCUT2D eigenvalue weighted by atomic mass is 10.00. The van der Waals surface area contributed by atoms with Gasteiger partial charge in [0.25, 0.3) is 18.4 Å². The van der Waals surface area contributed by atoms with Crippen LogP contribution in [0.3, 0.4) is 0 Å². The largest absolute Gasteiger partial charge is 0.407 e. The van der Waals surface area contributed by atoms with E-state index in [0.29, 0.717) is 12.5 Å². The summed E-state index contributed by atoms with van der Waals surface area (Å²) in [5.74, 6) is 0.543. The summed E-state index contributed by atoms with van der Waals surface area (Å²) in [6.45, 7) is 14.0. The zero-order valence-corrected chi connectivity index (χ0v) is 25.6. The van der Waals surface area contributed by atoms with Gasteiger partial charge in [-0.25, -0.2) is 0 Å². The molecule has 0 aliphatic rings. The minimum Gasteiger partial charge on any atom is -0.407 e. The lowest BCUT2D eigenvalue weighted by Gasteiger charge is -2.43.